The topological polar surface area (TPSA) is 183 Å². The molecule has 0 aliphatic heterocycles. The number of nitrogens with zero attached hydrogens (tertiary/aromatic N) is 6. The van der Waals surface area contributed by atoms with Gasteiger partial charge in [-0.05, 0) is 0 Å². The molecule has 0 N–H and O–H groups in total. The fraction of sp³-hybridized carbons (Fsp3) is 0. The second-order valence-corrected chi connectivity index (χ2v) is 0. The van der Waals surface area contributed by atoms with Crippen LogP contribution in [0.5, 0.6) is 0 Å². The van der Waals surface area contributed by atoms with Crippen molar-refractivity contribution in [3.63, 3.8) is 0 Å². The van der Waals surface area contributed by atoms with Gasteiger partial charge in [-0.15, -0.1) is 0 Å². The third-order valence-corrected chi connectivity index (χ3v) is 0. The quantitative estimate of drug-likeness (QED) is 0.288. The molecule has 0 aromatic rings. The number of rotatable bonds is 0. The minimum atomic E-state index is 0. The molecule has 0 fully saturated rings. The zero-order valence-electron chi connectivity index (χ0n) is 2.68. The van der Waals surface area contributed by atoms with Gasteiger partial charge in [-0.2, -0.15) is 0 Å². The SMILES string of the molecule is [CaH2].[N].[N].[N].[N].[N].[N]. The van der Waals surface area contributed by atoms with Gasteiger partial charge in [0.25, 0.3) is 0 Å². The molecule has 34 valence electrons. The van der Waals surface area contributed by atoms with E-state index in [1.165, 1.54) is 0 Å². The molecule has 0 aromatic carbocycles. The second kappa shape index (κ2) is 245. The zero-order chi connectivity index (χ0) is 0. The predicted octanol–water partition coefficient (Wildman–Crippen LogP) is -3.80. The van der Waals surface area contributed by atoms with Crippen molar-refractivity contribution in [1.29, 1.82) is 0 Å². The Balaban J connectivity index is 0. The van der Waals surface area contributed by atoms with E-state index in [4.69, 9.17) is 0 Å². The van der Waals surface area contributed by atoms with Crippen LogP contribution in [-0.2, 0) is 0 Å². The summed E-state index contributed by atoms with van der Waals surface area (Å²) in [4.78, 5) is 0. The minimum Gasteiger partial charge on any atom is 0 e. The van der Waals surface area contributed by atoms with Crippen LogP contribution in [0.2, 0.25) is 0 Å². The Kier molecular flexibility index (Phi) is 13300. The van der Waals surface area contributed by atoms with E-state index < -0.39 is 0 Å². The molecular weight excluding hydrogens is 124 g/mol. The fourth-order valence-corrected chi connectivity index (χ4v) is 0. The van der Waals surface area contributed by atoms with Crippen LogP contribution in [0.1, 0.15) is 0 Å². The van der Waals surface area contributed by atoms with Crippen molar-refractivity contribution in [2.24, 2.45) is 0 Å². The van der Waals surface area contributed by atoms with Crippen molar-refractivity contribution in [2.75, 3.05) is 0 Å². The molecule has 6 nitrogen and oxygen atoms in total. The van der Waals surface area contributed by atoms with E-state index in [0.29, 0.717) is 0 Å². The van der Waals surface area contributed by atoms with Crippen molar-refractivity contribution in [3.8, 4) is 0 Å². The van der Waals surface area contributed by atoms with Crippen LogP contribution in [0.25, 0.3) is 0 Å². The molecule has 7 heavy (non-hydrogen) atoms. The molecular formula is H2CaN6. The molecule has 0 amide bonds. The maximum absolute atomic E-state index is 0. The first-order chi connectivity index (χ1) is 0. The van der Waals surface area contributed by atoms with Gasteiger partial charge >= 0.3 is 37.7 Å². The standard InChI is InChI=1S/Ca.6N.2H. The predicted molar refractivity (Wildman–Crippen MR) is 21.3 cm³/mol. The summed E-state index contributed by atoms with van der Waals surface area (Å²) in [5, 5.41) is 0. The number of hydrogen-bond donors (Lipinski definition) is 0. The summed E-state index contributed by atoms with van der Waals surface area (Å²) in [6, 6.07) is 0. The largest absolute Gasteiger partial charge is 0 e. The van der Waals surface area contributed by atoms with Crippen LogP contribution in [0.3, 0.4) is 0 Å². The normalized spacial score (nSPS) is 0. The van der Waals surface area contributed by atoms with Crippen LogP contribution in [-0.4, -0.2) is 37.7 Å². The van der Waals surface area contributed by atoms with E-state index in [-0.39, 0.29) is 74.6 Å². The van der Waals surface area contributed by atoms with Crippen LogP contribution >= 0.6 is 0 Å². The Morgan fingerprint density at radius 1 is 0.286 bits per heavy atom. The Morgan fingerprint density at radius 2 is 0.286 bits per heavy atom. The molecule has 0 saturated heterocycles. The molecule has 0 heterocycles. The molecule has 0 bridgehead atoms. The van der Waals surface area contributed by atoms with Crippen molar-refractivity contribution < 1.29 is 0 Å². The Labute approximate surface area is 74.3 Å². The summed E-state index contributed by atoms with van der Waals surface area (Å²) in [5.41, 5.74) is 0. The van der Waals surface area contributed by atoms with Crippen molar-refractivity contribution in [1.82, 2.24) is 36.9 Å². The van der Waals surface area contributed by atoms with E-state index in [0.717, 1.165) is 0 Å². The second-order valence-electron chi connectivity index (χ2n) is 0. The van der Waals surface area contributed by atoms with E-state index in [1.807, 2.05) is 0 Å². The monoisotopic (exact) mass is 126 g/mol. The van der Waals surface area contributed by atoms with E-state index >= 15 is 0 Å². The molecule has 0 aromatic heterocycles. The molecule has 7 heteroatoms. The molecule has 0 saturated carbocycles. The average molecular weight is 126 g/mol. The average Bonchev–Trinajstić information content (AvgIpc) is 0. The number of hydrogen-bond acceptors (Lipinski definition) is 0. The van der Waals surface area contributed by atoms with Gasteiger partial charge in [0.2, 0.25) is 0 Å². The summed E-state index contributed by atoms with van der Waals surface area (Å²) < 4.78 is 0. The van der Waals surface area contributed by atoms with Gasteiger partial charge in [0, 0.05) is 36.9 Å². The summed E-state index contributed by atoms with van der Waals surface area (Å²) >= 11 is 0. The first-order valence-electron chi connectivity index (χ1n) is 0. The van der Waals surface area contributed by atoms with Crippen LogP contribution in [0.4, 0.5) is 0 Å². The van der Waals surface area contributed by atoms with Gasteiger partial charge in [0.05, 0.1) is 0 Å². The minimum absolute atomic E-state index is 0. The Hall–Kier alpha value is 1.02. The van der Waals surface area contributed by atoms with Crippen LogP contribution in [0.15, 0.2) is 0 Å². The first-order valence-corrected chi connectivity index (χ1v) is 0. The van der Waals surface area contributed by atoms with Crippen LogP contribution in [0, 0.1) is 0 Å². The molecule has 0 rings (SSSR count). The van der Waals surface area contributed by atoms with Gasteiger partial charge in [-0.1, -0.05) is 0 Å². The summed E-state index contributed by atoms with van der Waals surface area (Å²) in [6.45, 7) is 0. The third kappa shape index (κ3) is 170. The van der Waals surface area contributed by atoms with Crippen molar-refractivity contribution in [2.45, 2.75) is 0 Å². The maximum atomic E-state index is 0. The van der Waals surface area contributed by atoms with E-state index in [1.54, 1.807) is 0 Å². The van der Waals surface area contributed by atoms with Gasteiger partial charge in [0.1, 0.15) is 0 Å². The first kappa shape index (κ1) is 380. The van der Waals surface area contributed by atoms with Crippen molar-refractivity contribution in [3.05, 3.63) is 0 Å². The maximum Gasteiger partial charge on any atom is 0 e. The van der Waals surface area contributed by atoms with Crippen LogP contribution < -0.4 is 36.9 Å². The van der Waals surface area contributed by atoms with E-state index in [9.17, 15) is 0 Å². The Morgan fingerprint density at radius 3 is 0.286 bits per heavy atom. The van der Waals surface area contributed by atoms with Gasteiger partial charge in [-0.3, -0.25) is 0 Å². The van der Waals surface area contributed by atoms with Gasteiger partial charge < -0.3 is 0 Å². The molecule has 18 radical (unpaired) electrons. The van der Waals surface area contributed by atoms with Gasteiger partial charge in [0.15, 0.2) is 0 Å². The Bertz CT molecular complexity index is 4.14. The molecule has 0 aliphatic rings. The zero-order valence-corrected chi connectivity index (χ0v) is 2.68. The third-order valence-electron chi connectivity index (χ3n) is 0. The van der Waals surface area contributed by atoms with Crippen molar-refractivity contribution >= 4 is 37.7 Å². The summed E-state index contributed by atoms with van der Waals surface area (Å²) in [5.74, 6) is 0. The molecule has 0 unspecified atom stereocenters. The van der Waals surface area contributed by atoms with E-state index in [2.05, 4.69) is 0 Å². The smallest absolute Gasteiger partial charge is 0 e. The summed E-state index contributed by atoms with van der Waals surface area (Å²) in [7, 11) is 0. The molecule has 0 aliphatic carbocycles. The van der Waals surface area contributed by atoms with Gasteiger partial charge in [-0.25, -0.2) is 0 Å². The molecule has 0 spiro atoms. The summed E-state index contributed by atoms with van der Waals surface area (Å²) in [6.07, 6.45) is 0. The fourth-order valence-electron chi connectivity index (χ4n) is 0. The molecule has 0 atom stereocenters.